The number of aromatic nitrogens is 3. The number of hydrogen-bond acceptors (Lipinski definition) is 10. The molecule has 0 aliphatic carbocycles. The minimum absolute atomic E-state index is 0.00406. The van der Waals surface area contributed by atoms with Gasteiger partial charge in [0.1, 0.15) is 40.6 Å². The van der Waals surface area contributed by atoms with E-state index in [0.29, 0.717) is 49.2 Å². The fourth-order valence-electron chi connectivity index (χ4n) is 4.08. The molecule has 2 atom stereocenters. The van der Waals surface area contributed by atoms with Crippen molar-refractivity contribution in [2.24, 2.45) is 0 Å². The summed E-state index contributed by atoms with van der Waals surface area (Å²) in [6, 6.07) is 1.45. The topological polar surface area (TPSA) is 113 Å². The van der Waals surface area contributed by atoms with Crippen LogP contribution in [-0.4, -0.2) is 73.3 Å². The molecule has 47 heavy (non-hydrogen) atoms. The van der Waals surface area contributed by atoms with Crippen molar-refractivity contribution in [3.05, 3.63) is 72.2 Å². The Bertz CT molecular complexity index is 1710. The maximum absolute atomic E-state index is 14.9. The number of fused-ring (bicyclic) bond motifs is 2. The molecule has 3 aromatic heterocycles. The first-order valence-electron chi connectivity index (χ1n) is 13.4. The van der Waals surface area contributed by atoms with Gasteiger partial charge in [-0.05, 0) is 39.1 Å². The summed E-state index contributed by atoms with van der Waals surface area (Å²) in [5, 5.41) is 4.84. The van der Waals surface area contributed by atoms with Crippen LogP contribution in [0.1, 0.15) is 31.1 Å². The van der Waals surface area contributed by atoms with Crippen molar-refractivity contribution in [1.29, 1.82) is 0 Å². The first-order chi connectivity index (χ1) is 22.1. The summed E-state index contributed by atoms with van der Waals surface area (Å²) in [5.74, 6) is -3.20. The third-order valence-corrected chi connectivity index (χ3v) is 8.38. The number of thiophene rings is 1. The lowest BCUT2D eigenvalue weighted by atomic mass is 10.0. The summed E-state index contributed by atoms with van der Waals surface area (Å²) in [4.78, 5) is 15.0. The first-order valence-corrected chi connectivity index (χ1v) is 15.7. The Morgan fingerprint density at radius 3 is 2.45 bits per heavy atom. The normalized spacial score (nSPS) is 16.9. The van der Waals surface area contributed by atoms with E-state index in [4.69, 9.17) is 9.53 Å². The molecule has 0 N–H and O–H groups in total. The first kappa shape index (κ1) is 39.2. The maximum Gasteiger partial charge on any atom is 0.534 e. The number of aldehydes is 1. The van der Waals surface area contributed by atoms with E-state index in [2.05, 4.69) is 32.2 Å². The highest BCUT2D eigenvalue weighted by molar-refractivity contribution is 7.88. The van der Waals surface area contributed by atoms with E-state index in [0.717, 1.165) is 11.5 Å². The minimum Gasteiger partial charge on any atom is -0.499 e. The zero-order valence-corrected chi connectivity index (χ0v) is 27.3. The van der Waals surface area contributed by atoms with Crippen LogP contribution in [0.5, 0.6) is 5.88 Å². The van der Waals surface area contributed by atoms with Crippen LogP contribution in [0.15, 0.2) is 55.2 Å². The van der Waals surface area contributed by atoms with Gasteiger partial charge in [-0.25, -0.2) is 18.2 Å². The number of carbonyl (C=O) groups is 1. The number of ether oxygens (including phenoxy) is 2. The quantitative estimate of drug-likeness (QED) is 0.0325. The summed E-state index contributed by atoms with van der Waals surface area (Å²) < 4.78 is 119. The van der Waals surface area contributed by atoms with Gasteiger partial charge in [0.05, 0.1) is 31.4 Å². The van der Waals surface area contributed by atoms with Gasteiger partial charge in [0.25, 0.3) is 5.88 Å². The average molecular weight is 711 g/mol. The molecule has 1 aliphatic rings. The second-order valence-electron chi connectivity index (χ2n) is 9.50. The molecule has 0 bridgehead atoms. The number of likely N-dealkylation sites (N-methyl/N-ethyl adjacent to an activating group) is 1. The minimum atomic E-state index is -6.16. The number of halogens is 6. The Labute approximate surface area is 271 Å². The zero-order chi connectivity index (χ0) is 35.5. The number of hydrogen-bond donors (Lipinski definition) is 0. The molecule has 0 radical (unpaired) electrons. The van der Waals surface area contributed by atoms with Crippen LogP contribution in [0.4, 0.5) is 26.3 Å². The van der Waals surface area contributed by atoms with Gasteiger partial charge >= 0.3 is 15.6 Å². The van der Waals surface area contributed by atoms with Gasteiger partial charge in [-0.15, -0.1) is 11.3 Å². The SMILES string of the molecule is C=CC=O.C=COCCOC.CC1Cn2nc(-c3nc(OS(=O)(=O)C(F)(F)F)c4scc(F)c4c3C=C(F)/C=C/F)cc2C(C)N1C. The third-order valence-electron chi connectivity index (χ3n) is 6.50. The number of nitrogens with zero attached hydrogens (tertiary/aromatic N) is 4. The standard InChI is InChI=1S/C21H18F6N4O3S2.C5H10O2.C3H4O/c1-10-8-31-16(11(2)30(10)3)7-15(29-31)18-13(6-12(23)4-5-22)17-14(24)9-35-19(17)20(28-18)34-36(32,33)21(25,26)27;1-3-7-5-4-6-2;1-2-3-4/h4-7,9-11H,8H2,1-3H3;3H,1,4-5H2,2H3;2-3H,1H2/b5-4+,12-6?;;. The zero-order valence-electron chi connectivity index (χ0n) is 25.6. The van der Waals surface area contributed by atoms with Gasteiger partial charge in [-0.2, -0.15) is 26.7 Å². The molecule has 18 heteroatoms. The molecule has 10 nitrogen and oxygen atoms in total. The van der Waals surface area contributed by atoms with E-state index in [1.54, 1.807) is 11.8 Å². The lowest BCUT2D eigenvalue weighted by molar-refractivity contribution is -0.104. The fourth-order valence-corrected chi connectivity index (χ4v) is 5.41. The third kappa shape index (κ3) is 9.75. The van der Waals surface area contributed by atoms with Gasteiger partial charge in [0.2, 0.25) is 0 Å². The summed E-state index contributed by atoms with van der Waals surface area (Å²) in [7, 11) is -2.65. The molecule has 0 fully saturated rings. The molecule has 4 heterocycles. The van der Waals surface area contributed by atoms with E-state index in [-0.39, 0.29) is 35.4 Å². The number of methoxy groups -OCH3 is 1. The molecule has 0 aromatic carbocycles. The Morgan fingerprint density at radius 1 is 1.23 bits per heavy atom. The molecular weight excluding hydrogens is 678 g/mol. The van der Waals surface area contributed by atoms with E-state index in [1.807, 2.05) is 25.8 Å². The highest BCUT2D eigenvalue weighted by Gasteiger charge is 2.49. The van der Waals surface area contributed by atoms with E-state index in [1.165, 1.54) is 18.4 Å². The summed E-state index contributed by atoms with van der Waals surface area (Å²) in [6.07, 6.45) is 4.31. The summed E-state index contributed by atoms with van der Waals surface area (Å²) in [5.41, 5.74) is -5.72. The highest BCUT2D eigenvalue weighted by Crippen LogP contribution is 2.42. The lowest BCUT2D eigenvalue weighted by Crippen LogP contribution is -2.40. The Hall–Kier alpha value is -4.00. The molecule has 0 saturated heterocycles. The van der Waals surface area contributed by atoms with Crippen LogP contribution in [0.2, 0.25) is 0 Å². The van der Waals surface area contributed by atoms with Gasteiger partial charge in [-0.3, -0.25) is 14.4 Å². The number of alkyl halides is 3. The van der Waals surface area contributed by atoms with Gasteiger partial charge in [0.15, 0.2) is 0 Å². The van der Waals surface area contributed by atoms with Crippen molar-refractivity contribution in [3.8, 4) is 17.3 Å². The molecule has 0 saturated carbocycles. The number of pyridine rings is 1. The fraction of sp³-hybridized carbons (Fsp3) is 0.345. The molecular formula is C29H32F6N4O6S2. The van der Waals surface area contributed by atoms with Gasteiger partial charge in [-0.1, -0.05) is 13.2 Å². The monoisotopic (exact) mass is 710 g/mol. The van der Waals surface area contributed by atoms with Crippen LogP contribution >= 0.6 is 11.3 Å². The number of allylic oxidation sites excluding steroid dienone is 3. The van der Waals surface area contributed by atoms with Crippen molar-refractivity contribution in [1.82, 2.24) is 19.7 Å². The molecule has 0 amide bonds. The molecule has 0 spiro atoms. The van der Waals surface area contributed by atoms with Crippen LogP contribution < -0.4 is 4.18 Å². The predicted octanol–water partition coefficient (Wildman–Crippen LogP) is 6.88. The highest BCUT2D eigenvalue weighted by atomic mass is 32.2. The van der Waals surface area contributed by atoms with Crippen molar-refractivity contribution >= 4 is 43.9 Å². The lowest BCUT2D eigenvalue weighted by Gasteiger charge is -2.36. The van der Waals surface area contributed by atoms with Crippen LogP contribution in [0.25, 0.3) is 27.6 Å². The van der Waals surface area contributed by atoms with Crippen LogP contribution in [0, 0.1) is 5.82 Å². The molecule has 2 unspecified atom stereocenters. The molecule has 4 rings (SSSR count). The van der Waals surface area contributed by atoms with Crippen molar-refractivity contribution in [2.75, 3.05) is 27.4 Å². The average Bonchev–Trinajstić information content (AvgIpc) is 3.61. The predicted molar refractivity (Wildman–Crippen MR) is 166 cm³/mol. The Kier molecular flexibility index (Phi) is 14.4. The van der Waals surface area contributed by atoms with Crippen LogP contribution in [-0.2, 0) is 30.9 Å². The van der Waals surface area contributed by atoms with E-state index < -0.39 is 43.2 Å². The summed E-state index contributed by atoms with van der Waals surface area (Å²) >= 11 is 0.508. The van der Waals surface area contributed by atoms with Crippen molar-refractivity contribution in [3.63, 3.8) is 0 Å². The van der Waals surface area contributed by atoms with Crippen molar-refractivity contribution in [2.45, 2.75) is 38.0 Å². The van der Waals surface area contributed by atoms with E-state index >= 15 is 0 Å². The second-order valence-corrected chi connectivity index (χ2v) is 11.9. The molecule has 3 aromatic rings. The molecule has 258 valence electrons. The van der Waals surface area contributed by atoms with Gasteiger partial charge in [0, 0.05) is 41.6 Å². The Morgan fingerprint density at radius 2 is 1.89 bits per heavy atom. The van der Waals surface area contributed by atoms with E-state index in [9.17, 15) is 34.8 Å². The van der Waals surface area contributed by atoms with Crippen LogP contribution in [0.3, 0.4) is 0 Å². The van der Waals surface area contributed by atoms with Crippen molar-refractivity contribution < 1.29 is 53.2 Å². The largest absolute Gasteiger partial charge is 0.534 e. The Balaban J connectivity index is 0.000000602. The van der Waals surface area contributed by atoms with Gasteiger partial charge < -0.3 is 13.7 Å². The number of rotatable bonds is 10. The molecule has 1 aliphatic heterocycles. The number of carbonyl (C=O) groups excluding carboxylic acids is 1. The smallest absolute Gasteiger partial charge is 0.499 e. The summed E-state index contributed by atoms with van der Waals surface area (Å²) in [6.45, 7) is 12.0. The second kappa shape index (κ2) is 17.2. The maximum atomic E-state index is 14.9.